The highest BCUT2D eigenvalue weighted by atomic mass is 16.4. The standard InChI is InChI=1S/C55H96N12O17/c1-11-12-13-14-15-16-17-18-19-20-27-58-39(68)28-35(56)50(79)65-44(30(4)5)54(83)67-45(31(6)7)55(84)66-43(29(2)3)53(82)61-33(9)48(77)59-32(8)47(76)60-34(10)49(78)63-37(22-25-41(71)72)52(81)64-38(23-26-42(73)74)51(80)62-36(46(57)75)21-24-40(69)70/h29-38,43-45H,11-28,56H2,1-10H3,(H2,57,75)(H,58,68)(H,59,77)(H,60,76)(H,61,82)(H,62,80)(H,63,78)(H,64,81)(H,65,79)(H,66,84)(H,67,83)(H,69,70)(H,71,72)(H,73,74)/t32-,33-,34-,35-,36-,37-,38-,43-,44-,45-/m0/s1. The predicted molar refractivity (Wildman–Crippen MR) is 306 cm³/mol. The normalized spacial score (nSPS) is 14.7. The number of amides is 11. The molecule has 478 valence electrons. The maximum Gasteiger partial charge on any atom is 0.303 e. The summed E-state index contributed by atoms with van der Waals surface area (Å²) in [5.74, 6) is -15.5. The van der Waals surface area contributed by atoms with Crippen LogP contribution in [0.5, 0.6) is 0 Å². The molecule has 29 nitrogen and oxygen atoms in total. The van der Waals surface area contributed by atoms with Gasteiger partial charge in [0.2, 0.25) is 65.0 Å². The Morgan fingerprint density at radius 1 is 0.369 bits per heavy atom. The van der Waals surface area contributed by atoms with E-state index in [0.29, 0.717) is 6.54 Å². The lowest BCUT2D eigenvalue weighted by Crippen LogP contribution is -2.61. The molecule has 0 aliphatic carbocycles. The molecule has 0 saturated heterocycles. The third-order valence-electron chi connectivity index (χ3n) is 13.5. The summed E-state index contributed by atoms with van der Waals surface area (Å²) in [6.45, 7) is 16.2. The molecule has 0 saturated carbocycles. The number of nitrogens with one attached hydrogen (secondary N) is 10. The Balaban J connectivity index is 5.68. The number of carboxylic acid groups (broad SMARTS) is 3. The van der Waals surface area contributed by atoms with E-state index in [1.54, 1.807) is 41.5 Å². The molecule has 10 atom stereocenters. The van der Waals surface area contributed by atoms with E-state index in [4.69, 9.17) is 16.6 Å². The molecular weight excluding hydrogens is 1100 g/mol. The van der Waals surface area contributed by atoms with Crippen LogP contribution in [-0.2, 0) is 67.1 Å². The first-order chi connectivity index (χ1) is 39.2. The van der Waals surface area contributed by atoms with Crippen LogP contribution in [-0.4, -0.2) is 165 Å². The molecule has 84 heavy (non-hydrogen) atoms. The topological polar surface area (TPSA) is 472 Å². The monoisotopic (exact) mass is 1200 g/mol. The number of nitrogens with two attached hydrogens (primary N) is 2. The molecule has 0 spiro atoms. The number of unbranched alkanes of at least 4 members (excludes halogenated alkanes) is 9. The van der Waals surface area contributed by atoms with Crippen molar-refractivity contribution >= 4 is 82.9 Å². The van der Waals surface area contributed by atoms with Crippen molar-refractivity contribution in [3.8, 4) is 0 Å². The van der Waals surface area contributed by atoms with Gasteiger partial charge in [-0.05, 0) is 64.2 Å². The van der Waals surface area contributed by atoms with Crippen LogP contribution in [0.25, 0.3) is 0 Å². The van der Waals surface area contributed by atoms with Crippen molar-refractivity contribution < 1.29 is 82.4 Å². The van der Waals surface area contributed by atoms with Crippen molar-refractivity contribution in [3.63, 3.8) is 0 Å². The zero-order chi connectivity index (χ0) is 64.4. The smallest absolute Gasteiger partial charge is 0.303 e. The molecule has 17 N–H and O–H groups in total. The van der Waals surface area contributed by atoms with Crippen molar-refractivity contribution in [1.29, 1.82) is 0 Å². The van der Waals surface area contributed by atoms with E-state index in [2.05, 4.69) is 60.1 Å². The van der Waals surface area contributed by atoms with Crippen LogP contribution in [0.3, 0.4) is 0 Å². The van der Waals surface area contributed by atoms with Crippen LogP contribution in [0.4, 0.5) is 0 Å². The Hall–Kier alpha value is -7.46. The van der Waals surface area contributed by atoms with Gasteiger partial charge in [-0.3, -0.25) is 67.1 Å². The van der Waals surface area contributed by atoms with Crippen LogP contribution in [0, 0.1) is 17.8 Å². The predicted octanol–water partition coefficient (Wildman–Crippen LogP) is -0.789. The van der Waals surface area contributed by atoms with Crippen LogP contribution in [0.2, 0.25) is 0 Å². The highest BCUT2D eigenvalue weighted by Gasteiger charge is 2.36. The first-order valence-corrected chi connectivity index (χ1v) is 28.9. The second-order valence-electron chi connectivity index (χ2n) is 22.1. The number of carbonyl (C=O) groups is 14. The molecule has 11 amide bonds. The van der Waals surface area contributed by atoms with Gasteiger partial charge >= 0.3 is 17.9 Å². The van der Waals surface area contributed by atoms with Crippen LogP contribution in [0.15, 0.2) is 0 Å². The molecule has 0 unspecified atom stereocenters. The molecular formula is C55H96N12O17. The van der Waals surface area contributed by atoms with E-state index in [0.717, 1.165) is 25.7 Å². The van der Waals surface area contributed by atoms with Crippen molar-refractivity contribution in [2.75, 3.05) is 6.54 Å². The van der Waals surface area contributed by atoms with Crippen molar-refractivity contribution in [3.05, 3.63) is 0 Å². The molecule has 0 bridgehead atoms. The number of hydrogen-bond donors (Lipinski definition) is 15. The van der Waals surface area contributed by atoms with E-state index in [9.17, 15) is 77.3 Å². The van der Waals surface area contributed by atoms with Gasteiger partial charge in [-0.1, -0.05) is 106 Å². The second kappa shape index (κ2) is 40.7. The van der Waals surface area contributed by atoms with Gasteiger partial charge in [0.15, 0.2) is 0 Å². The summed E-state index contributed by atoms with van der Waals surface area (Å²) in [7, 11) is 0. The van der Waals surface area contributed by atoms with Crippen molar-refractivity contribution in [2.24, 2.45) is 29.2 Å². The molecule has 0 aliphatic rings. The maximum absolute atomic E-state index is 13.8. The van der Waals surface area contributed by atoms with Crippen LogP contribution < -0.4 is 64.6 Å². The lowest BCUT2D eigenvalue weighted by atomic mass is 9.97. The van der Waals surface area contributed by atoms with E-state index in [1.165, 1.54) is 59.3 Å². The van der Waals surface area contributed by atoms with Gasteiger partial charge in [0, 0.05) is 25.8 Å². The van der Waals surface area contributed by atoms with Gasteiger partial charge in [-0.15, -0.1) is 0 Å². The Bertz CT molecular complexity index is 2230. The highest BCUT2D eigenvalue weighted by molar-refractivity contribution is 5.99. The number of primary amides is 1. The summed E-state index contributed by atoms with van der Waals surface area (Å²) >= 11 is 0. The van der Waals surface area contributed by atoms with Gasteiger partial charge in [-0.25, -0.2) is 0 Å². The minimum atomic E-state index is -1.71. The number of carboxylic acids is 3. The van der Waals surface area contributed by atoms with E-state index in [1.807, 2.05) is 0 Å². The molecule has 0 rings (SSSR count). The SMILES string of the molecule is CCCCCCCCCCCCNC(=O)C[C@H](N)C(=O)N[C@H](C(=O)N[C@H](C(=O)N[C@H](C(=O)N[C@@H](C)C(=O)N[C@@H](C)C(=O)N[C@@H](C)C(=O)N[C@@H](CCC(=O)O)C(=O)N[C@@H](CCC(=O)O)C(=O)N[C@@H](CCC(=O)O)C(N)=O)C(C)C)C(C)C)C(C)C. The average molecular weight is 1200 g/mol. The molecule has 0 aromatic heterocycles. The van der Waals surface area contributed by atoms with E-state index >= 15 is 0 Å². The van der Waals surface area contributed by atoms with Gasteiger partial charge in [-0.2, -0.15) is 0 Å². The summed E-state index contributed by atoms with van der Waals surface area (Å²) in [4.78, 5) is 179. The fourth-order valence-electron chi connectivity index (χ4n) is 8.20. The highest BCUT2D eigenvalue weighted by Crippen LogP contribution is 2.13. The first kappa shape index (κ1) is 76.5. The number of hydrogen-bond acceptors (Lipinski definition) is 15. The summed E-state index contributed by atoms with van der Waals surface area (Å²) < 4.78 is 0. The fraction of sp³-hybridized carbons (Fsp3) is 0.745. The largest absolute Gasteiger partial charge is 0.481 e. The summed E-state index contributed by atoms with van der Waals surface area (Å²) in [6.07, 6.45) is 7.50. The van der Waals surface area contributed by atoms with E-state index in [-0.39, 0.29) is 6.42 Å². The number of carbonyl (C=O) groups excluding carboxylic acids is 11. The molecule has 0 aromatic rings. The molecule has 0 radical (unpaired) electrons. The quantitative estimate of drug-likeness (QED) is 0.0333. The second-order valence-corrected chi connectivity index (χ2v) is 22.1. The number of aliphatic carboxylic acids is 3. The molecule has 29 heteroatoms. The first-order valence-electron chi connectivity index (χ1n) is 28.9. The molecule has 0 heterocycles. The number of rotatable bonds is 44. The lowest BCUT2D eigenvalue weighted by Gasteiger charge is -2.30. The Morgan fingerprint density at radius 3 is 1.02 bits per heavy atom. The minimum absolute atomic E-state index is 0.312. The Kier molecular flexibility index (Phi) is 37.1. The fourth-order valence-corrected chi connectivity index (χ4v) is 8.20. The zero-order valence-electron chi connectivity index (χ0n) is 50.4. The zero-order valence-corrected chi connectivity index (χ0v) is 50.4. The average Bonchev–Trinajstić information content (AvgIpc) is 3.45. The van der Waals surface area contributed by atoms with Gasteiger partial charge in [0.25, 0.3) is 0 Å². The lowest BCUT2D eigenvalue weighted by molar-refractivity contribution is -0.140. The van der Waals surface area contributed by atoms with Crippen molar-refractivity contribution in [2.45, 2.75) is 239 Å². The molecule has 0 aromatic carbocycles. The third-order valence-corrected chi connectivity index (χ3v) is 13.5. The summed E-state index contributed by atoms with van der Waals surface area (Å²) in [5, 5.41) is 52.1. The summed E-state index contributed by atoms with van der Waals surface area (Å²) in [6, 6.07) is -14.1. The van der Waals surface area contributed by atoms with Gasteiger partial charge in [0.1, 0.15) is 54.4 Å². The summed E-state index contributed by atoms with van der Waals surface area (Å²) in [5.41, 5.74) is 11.4. The Labute approximate surface area is 491 Å². The molecule has 0 fully saturated rings. The van der Waals surface area contributed by atoms with Gasteiger partial charge < -0.3 is 80.0 Å². The van der Waals surface area contributed by atoms with Gasteiger partial charge in [0.05, 0.1) is 12.5 Å². The van der Waals surface area contributed by atoms with Crippen LogP contribution >= 0.6 is 0 Å². The Morgan fingerprint density at radius 2 is 0.667 bits per heavy atom. The van der Waals surface area contributed by atoms with Crippen molar-refractivity contribution in [1.82, 2.24) is 53.2 Å². The minimum Gasteiger partial charge on any atom is -0.481 e. The molecule has 0 aliphatic heterocycles. The third kappa shape index (κ3) is 31.8. The van der Waals surface area contributed by atoms with Crippen LogP contribution in [0.1, 0.15) is 178 Å². The van der Waals surface area contributed by atoms with E-state index < -0.39 is 200 Å². The maximum atomic E-state index is 13.8.